The van der Waals surface area contributed by atoms with Gasteiger partial charge in [0.25, 0.3) is 0 Å². The zero-order valence-electron chi connectivity index (χ0n) is 8.41. The van der Waals surface area contributed by atoms with E-state index in [9.17, 15) is 9.59 Å². The van der Waals surface area contributed by atoms with Gasteiger partial charge in [0.1, 0.15) is 6.04 Å². The Morgan fingerprint density at radius 1 is 1.50 bits per heavy atom. The molecule has 0 aromatic heterocycles. The van der Waals surface area contributed by atoms with Crippen LogP contribution in [-0.4, -0.2) is 29.7 Å². The van der Waals surface area contributed by atoms with Gasteiger partial charge >= 0.3 is 0 Å². The molecule has 0 aliphatic rings. The van der Waals surface area contributed by atoms with Crippen LogP contribution >= 0.6 is 12.6 Å². The summed E-state index contributed by atoms with van der Waals surface area (Å²) in [7, 11) is 0. The number of thiol groups is 1. The number of nitrogens with one attached hydrogen (secondary N) is 2. The van der Waals surface area contributed by atoms with Crippen molar-refractivity contribution in [2.75, 3.05) is 5.75 Å². The normalized spacial score (nSPS) is 13.9. The predicted molar refractivity (Wildman–Crippen MR) is 59.3 cm³/mol. The maximum atomic E-state index is 11.5. The number of hydrogen-bond acceptors (Lipinski definition) is 3. The standard InChI is InChI=1S/C9H16N2O2S/c1-4-6(2)10-9(13)8(5-14)11-7(3)12/h4,6,8,14H,1,5H2,2-3H3,(H,10,13)(H,11,12). The van der Waals surface area contributed by atoms with E-state index in [-0.39, 0.29) is 23.6 Å². The fraction of sp³-hybridized carbons (Fsp3) is 0.556. The van der Waals surface area contributed by atoms with Gasteiger partial charge in [-0.1, -0.05) is 6.08 Å². The van der Waals surface area contributed by atoms with Gasteiger partial charge in [-0.05, 0) is 6.92 Å². The van der Waals surface area contributed by atoms with Gasteiger partial charge in [0.15, 0.2) is 0 Å². The first kappa shape index (κ1) is 13.0. The molecule has 2 amide bonds. The number of hydrogen-bond donors (Lipinski definition) is 3. The van der Waals surface area contributed by atoms with E-state index in [1.807, 2.05) is 0 Å². The lowest BCUT2D eigenvalue weighted by molar-refractivity contribution is -0.127. The molecule has 2 N–H and O–H groups in total. The summed E-state index contributed by atoms with van der Waals surface area (Å²) in [5.74, 6) is -0.219. The summed E-state index contributed by atoms with van der Waals surface area (Å²) in [4.78, 5) is 22.2. The van der Waals surface area contributed by atoms with E-state index >= 15 is 0 Å². The maximum absolute atomic E-state index is 11.5. The number of amides is 2. The summed E-state index contributed by atoms with van der Waals surface area (Å²) >= 11 is 3.98. The van der Waals surface area contributed by atoms with Crippen molar-refractivity contribution in [3.8, 4) is 0 Å². The molecule has 0 aromatic carbocycles. The second-order valence-electron chi connectivity index (χ2n) is 2.97. The molecular formula is C9H16N2O2S. The topological polar surface area (TPSA) is 58.2 Å². The van der Waals surface area contributed by atoms with Gasteiger partial charge in [-0.15, -0.1) is 6.58 Å². The quantitative estimate of drug-likeness (QED) is 0.451. The predicted octanol–water partition coefficient (Wildman–Crippen LogP) is 0.112. The first-order valence-corrected chi connectivity index (χ1v) is 4.95. The van der Waals surface area contributed by atoms with E-state index in [1.54, 1.807) is 13.0 Å². The summed E-state index contributed by atoms with van der Waals surface area (Å²) in [5.41, 5.74) is 0. The van der Waals surface area contributed by atoms with Gasteiger partial charge < -0.3 is 10.6 Å². The lowest BCUT2D eigenvalue weighted by atomic mass is 10.2. The van der Waals surface area contributed by atoms with Gasteiger partial charge in [-0.3, -0.25) is 9.59 Å². The van der Waals surface area contributed by atoms with Crippen molar-refractivity contribution in [2.45, 2.75) is 25.9 Å². The molecule has 14 heavy (non-hydrogen) atoms. The van der Waals surface area contributed by atoms with Crippen molar-refractivity contribution in [2.24, 2.45) is 0 Å². The summed E-state index contributed by atoms with van der Waals surface area (Å²) in [6.45, 7) is 6.70. The molecule has 80 valence electrons. The number of carbonyl (C=O) groups is 2. The Balaban J connectivity index is 4.17. The minimum absolute atomic E-state index is 0.112. The van der Waals surface area contributed by atoms with Crippen LogP contribution in [0.4, 0.5) is 0 Å². The number of carbonyl (C=O) groups excluding carboxylic acids is 2. The third-order valence-electron chi connectivity index (χ3n) is 1.60. The molecule has 0 bridgehead atoms. The lowest BCUT2D eigenvalue weighted by Gasteiger charge is -2.17. The molecular weight excluding hydrogens is 200 g/mol. The van der Waals surface area contributed by atoms with Gasteiger partial charge in [-0.25, -0.2) is 0 Å². The average Bonchev–Trinajstić information content (AvgIpc) is 2.13. The average molecular weight is 216 g/mol. The van der Waals surface area contributed by atoms with Crippen molar-refractivity contribution in [3.05, 3.63) is 12.7 Å². The molecule has 0 aliphatic carbocycles. The summed E-state index contributed by atoms with van der Waals surface area (Å²) in [6.07, 6.45) is 1.61. The SMILES string of the molecule is C=CC(C)NC(=O)C(CS)NC(C)=O. The molecule has 0 rings (SSSR count). The number of rotatable bonds is 5. The smallest absolute Gasteiger partial charge is 0.243 e. The van der Waals surface area contributed by atoms with E-state index in [1.165, 1.54) is 6.92 Å². The Hall–Kier alpha value is -0.970. The highest BCUT2D eigenvalue weighted by Gasteiger charge is 2.17. The van der Waals surface area contributed by atoms with E-state index in [4.69, 9.17) is 0 Å². The van der Waals surface area contributed by atoms with Crippen LogP contribution in [0.15, 0.2) is 12.7 Å². The van der Waals surface area contributed by atoms with Crippen LogP contribution in [0.1, 0.15) is 13.8 Å². The van der Waals surface area contributed by atoms with Gasteiger partial charge in [0, 0.05) is 18.7 Å². The molecule has 0 fully saturated rings. The van der Waals surface area contributed by atoms with E-state index < -0.39 is 6.04 Å². The Kier molecular flexibility index (Phi) is 6.03. The van der Waals surface area contributed by atoms with Crippen LogP contribution in [0, 0.1) is 0 Å². The molecule has 0 radical (unpaired) electrons. The minimum atomic E-state index is -0.585. The van der Waals surface area contributed by atoms with Gasteiger partial charge in [0.05, 0.1) is 0 Å². The summed E-state index contributed by atoms with van der Waals surface area (Å²) in [6, 6.07) is -0.697. The fourth-order valence-electron chi connectivity index (χ4n) is 0.823. The van der Waals surface area contributed by atoms with Crippen LogP contribution in [-0.2, 0) is 9.59 Å². The van der Waals surface area contributed by atoms with Crippen LogP contribution in [0.3, 0.4) is 0 Å². The molecule has 5 heteroatoms. The first-order chi connectivity index (χ1) is 6.51. The molecule has 4 nitrogen and oxygen atoms in total. The molecule has 0 saturated heterocycles. The van der Waals surface area contributed by atoms with Gasteiger partial charge in [0.2, 0.25) is 11.8 Å². The Morgan fingerprint density at radius 2 is 2.07 bits per heavy atom. The molecule has 2 unspecified atom stereocenters. The van der Waals surface area contributed by atoms with Crippen molar-refractivity contribution < 1.29 is 9.59 Å². The van der Waals surface area contributed by atoms with Crippen molar-refractivity contribution in [1.29, 1.82) is 0 Å². The highest BCUT2D eigenvalue weighted by Crippen LogP contribution is 1.91. The summed E-state index contributed by atoms with van der Waals surface area (Å²) < 4.78 is 0. The highest BCUT2D eigenvalue weighted by molar-refractivity contribution is 7.80. The third kappa shape index (κ3) is 4.91. The molecule has 0 aliphatic heterocycles. The van der Waals surface area contributed by atoms with Crippen molar-refractivity contribution in [3.63, 3.8) is 0 Å². The van der Waals surface area contributed by atoms with Crippen LogP contribution in [0.5, 0.6) is 0 Å². The largest absolute Gasteiger partial charge is 0.348 e. The molecule has 0 aromatic rings. The van der Waals surface area contributed by atoms with Crippen molar-refractivity contribution in [1.82, 2.24) is 10.6 Å². The van der Waals surface area contributed by atoms with Crippen molar-refractivity contribution >= 4 is 24.4 Å². The van der Waals surface area contributed by atoms with E-state index in [2.05, 4.69) is 29.8 Å². The lowest BCUT2D eigenvalue weighted by Crippen LogP contribution is -2.49. The first-order valence-electron chi connectivity index (χ1n) is 4.32. The van der Waals surface area contributed by atoms with Crippen LogP contribution < -0.4 is 10.6 Å². The molecule has 0 heterocycles. The molecule has 2 atom stereocenters. The summed E-state index contributed by atoms with van der Waals surface area (Å²) in [5, 5.41) is 5.16. The third-order valence-corrected chi connectivity index (χ3v) is 1.97. The minimum Gasteiger partial charge on any atom is -0.348 e. The second-order valence-corrected chi connectivity index (χ2v) is 3.33. The molecule has 0 saturated carbocycles. The fourth-order valence-corrected chi connectivity index (χ4v) is 1.08. The molecule has 0 spiro atoms. The van der Waals surface area contributed by atoms with Crippen LogP contribution in [0.2, 0.25) is 0 Å². The maximum Gasteiger partial charge on any atom is 0.243 e. The Bertz CT molecular complexity index is 231. The monoisotopic (exact) mass is 216 g/mol. The highest BCUT2D eigenvalue weighted by atomic mass is 32.1. The zero-order chi connectivity index (χ0) is 11.1. The Morgan fingerprint density at radius 3 is 2.43 bits per heavy atom. The van der Waals surface area contributed by atoms with E-state index in [0.29, 0.717) is 0 Å². The Labute approximate surface area is 89.5 Å². The van der Waals surface area contributed by atoms with Gasteiger partial charge in [-0.2, -0.15) is 12.6 Å². The van der Waals surface area contributed by atoms with E-state index in [0.717, 1.165) is 0 Å². The second kappa shape index (κ2) is 6.48. The van der Waals surface area contributed by atoms with Crippen LogP contribution in [0.25, 0.3) is 0 Å². The zero-order valence-corrected chi connectivity index (χ0v) is 9.30.